The molecule has 1 fully saturated rings. The number of hydrogen-bond donors (Lipinski definition) is 1. The van der Waals surface area contributed by atoms with E-state index in [1.807, 2.05) is 13.1 Å². The fraction of sp³-hybridized carbons (Fsp3) is 0.538. The number of hydrogen-bond acceptors (Lipinski definition) is 2. The van der Waals surface area contributed by atoms with E-state index >= 15 is 0 Å². The Morgan fingerprint density at radius 1 is 1.53 bits per heavy atom. The van der Waals surface area contributed by atoms with Gasteiger partial charge < -0.3 is 10.1 Å². The van der Waals surface area contributed by atoms with Gasteiger partial charge in [0, 0.05) is 23.0 Å². The van der Waals surface area contributed by atoms with E-state index in [1.54, 1.807) is 0 Å². The first kappa shape index (κ1) is 13.0. The number of nitrogens with one attached hydrogen (secondary N) is 1. The van der Waals surface area contributed by atoms with Gasteiger partial charge in [-0.3, -0.25) is 0 Å². The molecule has 94 valence electrons. The highest BCUT2D eigenvalue weighted by molar-refractivity contribution is 9.10. The van der Waals surface area contributed by atoms with Gasteiger partial charge in [0.1, 0.15) is 5.82 Å². The molecule has 0 bridgehead atoms. The summed E-state index contributed by atoms with van der Waals surface area (Å²) < 4.78 is 19.4. The molecule has 1 aliphatic rings. The lowest BCUT2D eigenvalue weighted by Crippen LogP contribution is -2.35. The fourth-order valence-electron chi connectivity index (χ4n) is 2.43. The first-order chi connectivity index (χ1) is 8.15. The van der Waals surface area contributed by atoms with Crippen LogP contribution in [0, 0.1) is 11.2 Å². The molecular formula is C13H17BrFNO. The van der Waals surface area contributed by atoms with Crippen LogP contribution in [0.25, 0.3) is 0 Å². The van der Waals surface area contributed by atoms with Crippen molar-refractivity contribution in [1.29, 1.82) is 0 Å². The average molecular weight is 302 g/mol. The number of halogens is 2. The molecule has 0 amide bonds. The highest BCUT2D eigenvalue weighted by Crippen LogP contribution is 2.34. The minimum absolute atomic E-state index is 0.148. The molecular weight excluding hydrogens is 285 g/mol. The minimum Gasteiger partial charge on any atom is -0.381 e. The van der Waals surface area contributed by atoms with E-state index in [0.717, 1.165) is 42.6 Å². The second-order valence-electron chi connectivity index (χ2n) is 4.75. The van der Waals surface area contributed by atoms with Crippen molar-refractivity contribution in [3.8, 4) is 0 Å². The Morgan fingerprint density at radius 2 is 2.35 bits per heavy atom. The Labute approximate surface area is 110 Å². The molecule has 2 rings (SSSR count). The normalized spacial score (nSPS) is 24.2. The van der Waals surface area contributed by atoms with Gasteiger partial charge >= 0.3 is 0 Å². The highest BCUT2D eigenvalue weighted by Gasteiger charge is 2.34. The summed E-state index contributed by atoms with van der Waals surface area (Å²) in [6, 6.07) is 4.90. The summed E-state index contributed by atoms with van der Waals surface area (Å²) in [5.41, 5.74) is 1.29. The van der Waals surface area contributed by atoms with E-state index in [4.69, 9.17) is 4.74 Å². The Kier molecular flexibility index (Phi) is 4.17. The second kappa shape index (κ2) is 5.46. The van der Waals surface area contributed by atoms with Gasteiger partial charge in [-0.15, -0.1) is 0 Å². The molecule has 0 radical (unpaired) electrons. The van der Waals surface area contributed by atoms with Gasteiger partial charge in [0.05, 0.1) is 6.61 Å². The van der Waals surface area contributed by atoms with Crippen molar-refractivity contribution in [1.82, 2.24) is 5.32 Å². The van der Waals surface area contributed by atoms with Crippen LogP contribution in [0.1, 0.15) is 12.0 Å². The van der Waals surface area contributed by atoms with E-state index in [2.05, 4.69) is 21.2 Å². The highest BCUT2D eigenvalue weighted by atomic mass is 79.9. The van der Waals surface area contributed by atoms with Gasteiger partial charge in [0.15, 0.2) is 0 Å². The van der Waals surface area contributed by atoms with Gasteiger partial charge in [-0.2, -0.15) is 0 Å². The van der Waals surface area contributed by atoms with Crippen LogP contribution in [0.3, 0.4) is 0 Å². The zero-order valence-electron chi connectivity index (χ0n) is 9.93. The van der Waals surface area contributed by atoms with Gasteiger partial charge in [0.25, 0.3) is 0 Å². The summed E-state index contributed by atoms with van der Waals surface area (Å²) in [5.74, 6) is -0.203. The topological polar surface area (TPSA) is 21.3 Å². The van der Waals surface area contributed by atoms with Crippen LogP contribution < -0.4 is 5.32 Å². The summed E-state index contributed by atoms with van der Waals surface area (Å²) >= 11 is 3.43. The molecule has 2 nitrogen and oxygen atoms in total. The molecule has 0 saturated carbocycles. The maximum absolute atomic E-state index is 13.0. The number of benzene rings is 1. The standard InChI is InChI=1S/C13H17BrFNO/c1-16-8-13(4-5-17-9-13)7-10-2-3-11(15)6-12(10)14/h2-3,6,16H,4-5,7-9H2,1H3. The van der Waals surface area contributed by atoms with Crippen LogP contribution in [0.5, 0.6) is 0 Å². The first-order valence-electron chi connectivity index (χ1n) is 5.81. The molecule has 1 aliphatic heterocycles. The summed E-state index contributed by atoms with van der Waals surface area (Å²) in [6.07, 6.45) is 1.96. The third-order valence-electron chi connectivity index (χ3n) is 3.32. The van der Waals surface area contributed by atoms with Crippen LogP contribution in [-0.4, -0.2) is 26.8 Å². The van der Waals surface area contributed by atoms with Crippen LogP contribution in [-0.2, 0) is 11.2 Å². The van der Waals surface area contributed by atoms with Crippen molar-refractivity contribution < 1.29 is 9.13 Å². The SMILES string of the molecule is CNCC1(Cc2ccc(F)cc2Br)CCOC1. The van der Waals surface area contributed by atoms with E-state index in [0.29, 0.717) is 0 Å². The third-order valence-corrected chi connectivity index (χ3v) is 4.06. The molecule has 17 heavy (non-hydrogen) atoms. The van der Waals surface area contributed by atoms with Gasteiger partial charge in [0.2, 0.25) is 0 Å². The summed E-state index contributed by atoms with van der Waals surface area (Å²) in [6.45, 7) is 2.52. The van der Waals surface area contributed by atoms with Crippen molar-refractivity contribution in [2.45, 2.75) is 12.8 Å². The molecule has 1 unspecified atom stereocenters. The monoisotopic (exact) mass is 301 g/mol. The molecule has 1 heterocycles. The molecule has 0 spiro atoms. The zero-order chi connectivity index (χ0) is 12.3. The van der Waals surface area contributed by atoms with E-state index in [-0.39, 0.29) is 11.2 Å². The smallest absolute Gasteiger partial charge is 0.124 e. The van der Waals surface area contributed by atoms with Crippen LogP contribution in [0.15, 0.2) is 22.7 Å². The second-order valence-corrected chi connectivity index (χ2v) is 5.60. The van der Waals surface area contributed by atoms with E-state index in [9.17, 15) is 4.39 Å². The molecule has 1 aromatic rings. The average Bonchev–Trinajstić information content (AvgIpc) is 2.72. The predicted octanol–water partition coefficient (Wildman–Crippen LogP) is 2.76. The first-order valence-corrected chi connectivity index (χ1v) is 6.61. The Hall–Kier alpha value is -0.450. The number of rotatable bonds is 4. The Bertz CT molecular complexity index is 391. The van der Waals surface area contributed by atoms with Crippen LogP contribution in [0.2, 0.25) is 0 Å². The minimum atomic E-state index is -0.203. The van der Waals surface area contributed by atoms with Crippen molar-refractivity contribution in [2.75, 3.05) is 26.8 Å². The Balaban J connectivity index is 2.17. The molecule has 0 aromatic heterocycles. The lowest BCUT2D eigenvalue weighted by molar-refractivity contribution is 0.150. The van der Waals surface area contributed by atoms with E-state index in [1.165, 1.54) is 12.1 Å². The molecule has 0 aliphatic carbocycles. The van der Waals surface area contributed by atoms with Crippen molar-refractivity contribution in [2.24, 2.45) is 5.41 Å². The summed E-state index contributed by atoms with van der Waals surface area (Å²) in [7, 11) is 1.96. The van der Waals surface area contributed by atoms with Crippen molar-refractivity contribution >= 4 is 15.9 Å². The van der Waals surface area contributed by atoms with E-state index < -0.39 is 0 Å². The largest absolute Gasteiger partial charge is 0.381 e. The molecule has 1 N–H and O–H groups in total. The number of ether oxygens (including phenoxy) is 1. The third kappa shape index (κ3) is 3.06. The molecule has 4 heteroatoms. The lowest BCUT2D eigenvalue weighted by Gasteiger charge is -2.27. The quantitative estimate of drug-likeness (QED) is 0.923. The molecule has 1 saturated heterocycles. The summed E-state index contributed by atoms with van der Waals surface area (Å²) in [4.78, 5) is 0. The molecule has 1 atom stereocenters. The van der Waals surface area contributed by atoms with Gasteiger partial charge in [-0.1, -0.05) is 22.0 Å². The Morgan fingerprint density at radius 3 is 2.94 bits per heavy atom. The van der Waals surface area contributed by atoms with Gasteiger partial charge in [-0.05, 0) is 37.6 Å². The predicted molar refractivity (Wildman–Crippen MR) is 69.6 cm³/mol. The maximum Gasteiger partial charge on any atom is 0.124 e. The van der Waals surface area contributed by atoms with Crippen LogP contribution in [0.4, 0.5) is 4.39 Å². The summed E-state index contributed by atoms with van der Waals surface area (Å²) in [5, 5.41) is 3.23. The van der Waals surface area contributed by atoms with Crippen molar-refractivity contribution in [3.63, 3.8) is 0 Å². The fourth-order valence-corrected chi connectivity index (χ4v) is 2.93. The molecule has 1 aromatic carbocycles. The van der Waals surface area contributed by atoms with Gasteiger partial charge in [-0.25, -0.2) is 4.39 Å². The van der Waals surface area contributed by atoms with Crippen LogP contribution >= 0.6 is 15.9 Å². The maximum atomic E-state index is 13.0. The lowest BCUT2D eigenvalue weighted by atomic mass is 9.81. The van der Waals surface area contributed by atoms with Crippen molar-refractivity contribution in [3.05, 3.63) is 34.1 Å². The zero-order valence-corrected chi connectivity index (χ0v) is 11.5.